The van der Waals surface area contributed by atoms with Gasteiger partial charge in [-0.15, -0.1) is 0 Å². The molecular formula is C23H26N2O. The van der Waals surface area contributed by atoms with Crippen molar-refractivity contribution in [1.82, 2.24) is 0 Å². The van der Waals surface area contributed by atoms with Gasteiger partial charge in [-0.1, -0.05) is 38.1 Å². The highest BCUT2D eigenvalue weighted by Gasteiger charge is 2.32. The van der Waals surface area contributed by atoms with E-state index in [1.807, 2.05) is 36.1 Å². The minimum atomic E-state index is 0.0998. The number of carbonyl (C=O) groups excluding carboxylic acids is 1. The highest BCUT2D eigenvalue weighted by atomic mass is 16.2. The molecule has 0 unspecified atom stereocenters. The first-order valence-corrected chi connectivity index (χ1v) is 9.41. The second-order valence-electron chi connectivity index (χ2n) is 7.96. The lowest BCUT2D eigenvalue weighted by Crippen LogP contribution is -2.34. The lowest BCUT2D eigenvalue weighted by molar-refractivity contribution is -0.112. The largest absolute Gasteiger partial charge is 0.374 e. The van der Waals surface area contributed by atoms with Crippen molar-refractivity contribution in [3.05, 3.63) is 59.2 Å². The smallest absolute Gasteiger partial charge is 0.258 e. The molecule has 2 aliphatic heterocycles. The van der Waals surface area contributed by atoms with Crippen molar-refractivity contribution in [3.8, 4) is 0 Å². The number of amides is 1. The summed E-state index contributed by atoms with van der Waals surface area (Å²) in [4.78, 5) is 17.1. The average Bonchev–Trinajstić information content (AvgIpc) is 2.90. The summed E-state index contributed by atoms with van der Waals surface area (Å²) in [5.41, 5.74) is 6.78. The van der Waals surface area contributed by atoms with E-state index < -0.39 is 0 Å². The van der Waals surface area contributed by atoms with Gasteiger partial charge in [0.25, 0.3) is 5.91 Å². The summed E-state index contributed by atoms with van der Waals surface area (Å²) in [6, 6.07) is 14.7. The van der Waals surface area contributed by atoms with Gasteiger partial charge in [0, 0.05) is 37.0 Å². The van der Waals surface area contributed by atoms with Crippen LogP contribution >= 0.6 is 0 Å². The van der Waals surface area contributed by atoms with Gasteiger partial charge in [0.15, 0.2) is 0 Å². The third kappa shape index (κ3) is 2.54. The molecule has 0 saturated carbocycles. The molecule has 4 rings (SSSR count). The molecule has 2 aromatic carbocycles. The van der Waals surface area contributed by atoms with Crippen LogP contribution in [-0.2, 0) is 10.2 Å². The van der Waals surface area contributed by atoms with Crippen LogP contribution in [0.15, 0.2) is 42.5 Å². The zero-order valence-electron chi connectivity index (χ0n) is 16.0. The number of fused-ring (bicyclic) bond motifs is 2. The van der Waals surface area contributed by atoms with Crippen LogP contribution in [0.25, 0.3) is 11.6 Å². The molecule has 3 heteroatoms. The third-order valence-electron chi connectivity index (χ3n) is 5.82. The number of hydrogen-bond donors (Lipinski definition) is 0. The zero-order chi connectivity index (χ0) is 18.5. The summed E-state index contributed by atoms with van der Waals surface area (Å²) < 4.78 is 0. The van der Waals surface area contributed by atoms with E-state index in [0.717, 1.165) is 35.4 Å². The Hall–Kier alpha value is -2.55. The van der Waals surface area contributed by atoms with E-state index in [1.165, 1.54) is 11.3 Å². The fourth-order valence-corrected chi connectivity index (χ4v) is 4.15. The molecule has 0 aromatic heterocycles. The van der Waals surface area contributed by atoms with Crippen LogP contribution in [-0.4, -0.2) is 26.0 Å². The zero-order valence-corrected chi connectivity index (χ0v) is 16.0. The first-order chi connectivity index (χ1) is 12.4. The number of likely N-dealkylation sites (N-methyl/N-ethyl adjacent to an activating group) is 1. The Morgan fingerprint density at radius 2 is 1.88 bits per heavy atom. The van der Waals surface area contributed by atoms with Crippen molar-refractivity contribution in [1.29, 1.82) is 0 Å². The van der Waals surface area contributed by atoms with Crippen LogP contribution in [0.5, 0.6) is 0 Å². The Morgan fingerprint density at radius 1 is 1.12 bits per heavy atom. The number of benzene rings is 2. The molecule has 2 heterocycles. The fourth-order valence-electron chi connectivity index (χ4n) is 4.15. The second kappa shape index (κ2) is 6.01. The van der Waals surface area contributed by atoms with E-state index >= 15 is 0 Å². The van der Waals surface area contributed by atoms with E-state index in [1.54, 1.807) is 0 Å². The van der Waals surface area contributed by atoms with Gasteiger partial charge in [-0.05, 0) is 54.2 Å². The maximum atomic E-state index is 12.9. The van der Waals surface area contributed by atoms with Gasteiger partial charge >= 0.3 is 0 Å². The third-order valence-corrected chi connectivity index (χ3v) is 5.82. The van der Waals surface area contributed by atoms with Gasteiger partial charge in [-0.3, -0.25) is 4.79 Å². The number of hydrogen-bond acceptors (Lipinski definition) is 2. The van der Waals surface area contributed by atoms with E-state index in [0.29, 0.717) is 6.54 Å². The van der Waals surface area contributed by atoms with Crippen molar-refractivity contribution in [2.24, 2.45) is 0 Å². The Bertz CT molecular complexity index is 910. The Labute approximate surface area is 155 Å². The number of nitrogens with zero attached hydrogens (tertiary/aromatic N) is 2. The minimum Gasteiger partial charge on any atom is -0.374 e. The molecule has 2 aliphatic rings. The van der Waals surface area contributed by atoms with Crippen molar-refractivity contribution in [2.45, 2.75) is 32.6 Å². The molecule has 2 aromatic rings. The quantitative estimate of drug-likeness (QED) is 0.735. The summed E-state index contributed by atoms with van der Waals surface area (Å²) in [5.74, 6) is 0.0998. The van der Waals surface area contributed by atoms with Crippen molar-refractivity contribution < 1.29 is 4.79 Å². The minimum absolute atomic E-state index is 0.0998. The van der Waals surface area contributed by atoms with Crippen LogP contribution in [0.3, 0.4) is 0 Å². The van der Waals surface area contributed by atoms with Gasteiger partial charge in [-0.25, -0.2) is 0 Å². The molecule has 0 saturated heterocycles. The second-order valence-corrected chi connectivity index (χ2v) is 7.96. The van der Waals surface area contributed by atoms with Crippen molar-refractivity contribution in [2.75, 3.05) is 29.9 Å². The standard InChI is InChI=1S/C23H26N2O/c1-5-25-20-9-7-6-8-17(20)18(22(25)26)14-16-10-11-21-19(15-16)23(2,3)12-13-24(21)4/h6-11,14-15H,5,12-13H2,1-4H3/b18-14-. The van der Waals surface area contributed by atoms with E-state index in [2.05, 4.69) is 50.1 Å². The fraction of sp³-hybridized carbons (Fsp3) is 0.348. The molecule has 0 bridgehead atoms. The first kappa shape index (κ1) is 16.9. The molecule has 3 nitrogen and oxygen atoms in total. The normalized spacial score (nSPS) is 19.7. The summed E-state index contributed by atoms with van der Waals surface area (Å²) >= 11 is 0. The number of para-hydroxylation sites is 1. The average molecular weight is 346 g/mol. The maximum absolute atomic E-state index is 12.9. The lowest BCUT2D eigenvalue weighted by Gasteiger charge is -2.38. The monoisotopic (exact) mass is 346 g/mol. The molecule has 1 amide bonds. The van der Waals surface area contributed by atoms with Crippen LogP contribution < -0.4 is 9.80 Å². The lowest BCUT2D eigenvalue weighted by atomic mass is 9.77. The number of rotatable bonds is 2. The van der Waals surface area contributed by atoms with E-state index in [9.17, 15) is 4.79 Å². The van der Waals surface area contributed by atoms with Gasteiger partial charge in [0.2, 0.25) is 0 Å². The number of carbonyl (C=O) groups is 1. The Kier molecular flexibility index (Phi) is 3.91. The van der Waals surface area contributed by atoms with Gasteiger partial charge in [0.1, 0.15) is 0 Å². The first-order valence-electron chi connectivity index (χ1n) is 9.41. The summed E-state index contributed by atoms with van der Waals surface area (Å²) in [6.45, 7) is 8.41. The summed E-state index contributed by atoms with van der Waals surface area (Å²) in [5, 5.41) is 0. The predicted octanol–water partition coefficient (Wildman–Crippen LogP) is 4.71. The Morgan fingerprint density at radius 3 is 2.65 bits per heavy atom. The Balaban J connectivity index is 1.82. The molecule has 134 valence electrons. The molecule has 0 fully saturated rings. The molecule has 0 N–H and O–H groups in total. The van der Waals surface area contributed by atoms with Crippen LogP contribution in [0.2, 0.25) is 0 Å². The van der Waals surface area contributed by atoms with Crippen molar-refractivity contribution in [3.63, 3.8) is 0 Å². The predicted molar refractivity (Wildman–Crippen MR) is 110 cm³/mol. The summed E-state index contributed by atoms with van der Waals surface area (Å²) in [7, 11) is 2.15. The van der Waals surface area contributed by atoms with E-state index in [-0.39, 0.29) is 11.3 Å². The summed E-state index contributed by atoms with van der Waals surface area (Å²) in [6.07, 6.45) is 3.20. The van der Waals surface area contributed by atoms with Gasteiger partial charge < -0.3 is 9.80 Å². The maximum Gasteiger partial charge on any atom is 0.258 e. The molecule has 26 heavy (non-hydrogen) atoms. The van der Waals surface area contributed by atoms with Gasteiger partial charge in [-0.2, -0.15) is 0 Å². The molecule has 0 spiro atoms. The topological polar surface area (TPSA) is 23.6 Å². The van der Waals surface area contributed by atoms with Crippen LogP contribution in [0.4, 0.5) is 11.4 Å². The van der Waals surface area contributed by atoms with Crippen molar-refractivity contribution >= 4 is 28.9 Å². The molecule has 0 aliphatic carbocycles. The molecule has 0 atom stereocenters. The van der Waals surface area contributed by atoms with Gasteiger partial charge in [0.05, 0.1) is 5.69 Å². The molecule has 0 radical (unpaired) electrons. The van der Waals surface area contributed by atoms with E-state index in [4.69, 9.17) is 0 Å². The highest BCUT2D eigenvalue weighted by molar-refractivity contribution is 6.35. The highest BCUT2D eigenvalue weighted by Crippen LogP contribution is 2.41. The SMILES string of the molecule is CCN1C(=O)/C(=C\c2ccc3c(c2)C(C)(C)CCN3C)c2ccccc21. The molecular weight excluding hydrogens is 320 g/mol. The van der Waals surface area contributed by atoms with Crippen LogP contribution in [0, 0.1) is 0 Å². The number of anilines is 2. The van der Waals surface area contributed by atoms with Crippen LogP contribution in [0.1, 0.15) is 43.9 Å².